The molecule has 1 N–H and O–H groups in total. The molecule has 0 atom stereocenters. The molecule has 0 fully saturated rings. The first-order valence-corrected chi connectivity index (χ1v) is 11.5. The number of alkyl halides is 3. The van der Waals surface area contributed by atoms with E-state index in [0.717, 1.165) is 23.3 Å². The van der Waals surface area contributed by atoms with Crippen LogP contribution in [0.4, 0.5) is 18.9 Å². The fourth-order valence-electron chi connectivity index (χ4n) is 4.03. The van der Waals surface area contributed by atoms with E-state index in [1.807, 2.05) is 31.2 Å². The zero-order valence-electron chi connectivity index (χ0n) is 20.2. The fourth-order valence-corrected chi connectivity index (χ4v) is 4.03. The molecule has 5 rings (SSSR count). The van der Waals surface area contributed by atoms with Crippen molar-refractivity contribution in [1.29, 1.82) is 0 Å². The number of aromatic nitrogens is 4. The number of fused-ring (bicyclic) bond motifs is 1. The molecule has 38 heavy (non-hydrogen) atoms. The standard InChI is InChI=1S/C27H20F3N5O3/c1-15-6-3-4-9-19(15)24-33-26(38-34-24)21-13-35(25-20(23(21)37)11-10-16(2)31-25)14-22(36)32-18-8-5-7-17(12-18)27(28,29)30/h3-13H,14H2,1-2H3,(H,32,36). The van der Waals surface area contributed by atoms with E-state index in [4.69, 9.17) is 4.52 Å². The van der Waals surface area contributed by atoms with Crippen LogP contribution in [0.5, 0.6) is 0 Å². The van der Waals surface area contributed by atoms with Gasteiger partial charge in [-0.1, -0.05) is 35.5 Å². The summed E-state index contributed by atoms with van der Waals surface area (Å²) in [5.74, 6) is -0.356. The minimum absolute atomic E-state index is 0.0145. The molecule has 0 aliphatic carbocycles. The van der Waals surface area contributed by atoms with E-state index in [2.05, 4.69) is 20.4 Å². The smallest absolute Gasteiger partial charge is 0.333 e. The first kappa shape index (κ1) is 24.9. The van der Waals surface area contributed by atoms with E-state index in [1.54, 1.807) is 19.1 Å². The van der Waals surface area contributed by atoms with Gasteiger partial charge in [0.1, 0.15) is 17.8 Å². The van der Waals surface area contributed by atoms with Gasteiger partial charge in [-0.15, -0.1) is 0 Å². The summed E-state index contributed by atoms with van der Waals surface area (Å²) in [6, 6.07) is 15.0. The Morgan fingerprint density at radius 2 is 1.79 bits per heavy atom. The Bertz CT molecular complexity index is 1740. The van der Waals surface area contributed by atoms with Crippen molar-refractivity contribution in [2.75, 3.05) is 5.32 Å². The normalized spacial score (nSPS) is 11.6. The van der Waals surface area contributed by atoms with E-state index in [0.29, 0.717) is 11.5 Å². The van der Waals surface area contributed by atoms with Crippen molar-refractivity contribution < 1.29 is 22.5 Å². The Morgan fingerprint density at radius 3 is 2.55 bits per heavy atom. The average Bonchev–Trinajstić information content (AvgIpc) is 3.35. The minimum Gasteiger partial charge on any atom is -0.333 e. The second-order valence-corrected chi connectivity index (χ2v) is 8.69. The van der Waals surface area contributed by atoms with Crippen LogP contribution in [0.2, 0.25) is 0 Å². The van der Waals surface area contributed by atoms with Crippen molar-refractivity contribution in [1.82, 2.24) is 19.7 Å². The lowest BCUT2D eigenvalue weighted by Crippen LogP contribution is -2.22. The van der Waals surface area contributed by atoms with Gasteiger partial charge in [-0.05, 0) is 49.7 Å². The summed E-state index contributed by atoms with van der Waals surface area (Å²) in [4.78, 5) is 35.0. The van der Waals surface area contributed by atoms with Crippen LogP contribution in [0.1, 0.15) is 16.8 Å². The monoisotopic (exact) mass is 519 g/mol. The Balaban J connectivity index is 1.53. The average molecular weight is 519 g/mol. The van der Waals surface area contributed by atoms with Gasteiger partial charge in [0.25, 0.3) is 5.89 Å². The number of anilines is 1. The highest BCUT2D eigenvalue weighted by Gasteiger charge is 2.30. The van der Waals surface area contributed by atoms with Crippen LogP contribution in [0.25, 0.3) is 33.9 Å². The number of carbonyl (C=O) groups is 1. The van der Waals surface area contributed by atoms with Crippen molar-refractivity contribution in [3.8, 4) is 22.8 Å². The number of hydrogen-bond acceptors (Lipinski definition) is 6. The van der Waals surface area contributed by atoms with Crippen LogP contribution in [-0.4, -0.2) is 25.6 Å². The Hall–Kier alpha value is -4.80. The first-order valence-electron chi connectivity index (χ1n) is 11.5. The molecular weight excluding hydrogens is 499 g/mol. The number of nitrogens with one attached hydrogen (secondary N) is 1. The number of pyridine rings is 2. The van der Waals surface area contributed by atoms with Crippen molar-refractivity contribution in [3.05, 3.63) is 93.9 Å². The number of halogens is 3. The molecule has 11 heteroatoms. The van der Waals surface area contributed by atoms with Crippen molar-refractivity contribution in [2.45, 2.75) is 26.6 Å². The number of nitrogens with zero attached hydrogens (tertiary/aromatic N) is 4. The molecule has 192 valence electrons. The molecule has 0 spiro atoms. The quantitative estimate of drug-likeness (QED) is 0.334. The summed E-state index contributed by atoms with van der Waals surface area (Å²) in [5, 5.41) is 6.70. The van der Waals surface area contributed by atoms with Gasteiger partial charge in [0.15, 0.2) is 0 Å². The van der Waals surface area contributed by atoms with E-state index in [1.165, 1.54) is 22.9 Å². The fraction of sp³-hybridized carbons (Fsp3) is 0.148. The highest BCUT2D eigenvalue weighted by molar-refractivity contribution is 5.92. The zero-order chi connectivity index (χ0) is 27.0. The Morgan fingerprint density at radius 1 is 1.00 bits per heavy atom. The predicted octanol–water partition coefficient (Wildman–Crippen LogP) is 5.39. The lowest BCUT2D eigenvalue weighted by Gasteiger charge is -2.13. The number of rotatable bonds is 5. The third kappa shape index (κ3) is 4.90. The largest absolute Gasteiger partial charge is 0.416 e. The zero-order valence-corrected chi connectivity index (χ0v) is 20.2. The molecular formula is C27H20F3N5O3. The van der Waals surface area contributed by atoms with E-state index in [9.17, 15) is 22.8 Å². The van der Waals surface area contributed by atoms with Gasteiger partial charge in [0, 0.05) is 23.1 Å². The van der Waals surface area contributed by atoms with Gasteiger partial charge < -0.3 is 14.4 Å². The summed E-state index contributed by atoms with van der Waals surface area (Å²) in [6.45, 7) is 3.29. The maximum Gasteiger partial charge on any atom is 0.416 e. The number of hydrogen-bond donors (Lipinski definition) is 1. The molecule has 0 radical (unpaired) electrons. The van der Waals surface area contributed by atoms with Crippen LogP contribution < -0.4 is 10.7 Å². The summed E-state index contributed by atoms with van der Waals surface area (Å²) in [5.41, 5.74) is 1.24. The molecule has 0 aliphatic heterocycles. The van der Waals surface area contributed by atoms with E-state index in [-0.39, 0.29) is 34.7 Å². The summed E-state index contributed by atoms with van der Waals surface area (Å²) in [6.07, 6.45) is -3.16. The second kappa shape index (κ2) is 9.58. The van der Waals surface area contributed by atoms with Gasteiger partial charge in [-0.25, -0.2) is 4.98 Å². The lowest BCUT2D eigenvalue weighted by molar-refractivity contribution is -0.137. The van der Waals surface area contributed by atoms with Crippen LogP contribution in [-0.2, 0) is 17.5 Å². The number of aryl methyl sites for hydroxylation is 2. The molecule has 5 aromatic rings. The molecule has 0 unspecified atom stereocenters. The third-order valence-corrected chi connectivity index (χ3v) is 5.89. The summed E-state index contributed by atoms with van der Waals surface area (Å²) < 4.78 is 46.0. The Kier molecular flexibility index (Phi) is 6.27. The number of amides is 1. The van der Waals surface area contributed by atoms with Gasteiger partial charge in [0.05, 0.1) is 10.9 Å². The highest BCUT2D eigenvalue weighted by Crippen LogP contribution is 2.31. The lowest BCUT2D eigenvalue weighted by atomic mass is 10.1. The van der Waals surface area contributed by atoms with Gasteiger partial charge in [0.2, 0.25) is 17.2 Å². The number of carbonyl (C=O) groups excluding carboxylic acids is 1. The van der Waals surface area contributed by atoms with Crippen LogP contribution >= 0.6 is 0 Å². The van der Waals surface area contributed by atoms with Gasteiger partial charge in [-0.2, -0.15) is 18.2 Å². The molecule has 0 saturated carbocycles. The maximum atomic E-state index is 13.3. The van der Waals surface area contributed by atoms with Gasteiger partial charge >= 0.3 is 6.18 Å². The van der Waals surface area contributed by atoms with Crippen molar-refractivity contribution in [2.24, 2.45) is 0 Å². The van der Waals surface area contributed by atoms with E-state index < -0.39 is 23.1 Å². The van der Waals surface area contributed by atoms with Crippen molar-refractivity contribution >= 4 is 22.6 Å². The third-order valence-electron chi connectivity index (χ3n) is 5.89. The maximum absolute atomic E-state index is 13.3. The number of benzene rings is 2. The SMILES string of the molecule is Cc1ccc2c(=O)c(-c3nc(-c4ccccc4C)no3)cn(CC(=O)Nc3cccc(C(F)(F)F)c3)c2n1. The Labute approximate surface area is 213 Å². The molecule has 1 amide bonds. The molecule has 3 heterocycles. The topological polar surface area (TPSA) is 103 Å². The molecule has 0 saturated heterocycles. The van der Waals surface area contributed by atoms with Crippen LogP contribution in [0.15, 0.2) is 76.2 Å². The predicted molar refractivity (Wildman–Crippen MR) is 134 cm³/mol. The second-order valence-electron chi connectivity index (χ2n) is 8.69. The first-order chi connectivity index (χ1) is 18.1. The van der Waals surface area contributed by atoms with Crippen LogP contribution in [0.3, 0.4) is 0 Å². The van der Waals surface area contributed by atoms with Crippen LogP contribution in [0, 0.1) is 13.8 Å². The molecule has 3 aromatic heterocycles. The molecule has 0 bridgehead atoms. The summed E-state index contributed by atoms with van der Waals surface area (Å²) >= 11 is 0. The molecule has 8 nitrogen and oxygen atoms in total. The minimum atomic E-state index is -4.55. The molecule has 0 aliphatic rings. The van der Waals surface area contributed by atoms with Gasteiger partial charge in [-0.3, -0.25) is 9.59 Å². The van der Waals surface area contributed by atoms with E-state index >= 15 is 0 Å². The highest BCUT2D eigenvalue weighted by atomic mass is 19.4. The summed E-state index contributed by atoms with van der Waals surface area (Å²) in [7, 11) is 0. The molecule has 2 aromatic carbocycles. The van der Waals surface area contributed by atoms with Crippen molar-refractivity contribution in [3.63, 3.8) is 0 Å².